The normalized spacial score (nSPS) is 10.2. The lowest BCUT2D eigenvalue weighted by Crippen LogP contribution is -1.93. The van der Waals surface area contributed by atoms with Crippen LogP contribution in [0.4, 0.5) is 8.78 Å². The van der Waals surface area contributed by atoms with Crippen LogP contribution in [0.1, 0.15) is 0 Å². The van der Waals surface area contributed by atoms with E-state index in [1.165, 1.54) is 18.6 Å². The Hall–Kier alpha value is -1.56. The second-order valence-corrected chi connectivity index (χ2v) is 3.71. The predicted molar refractivity (Wildman–Crippen MR) is 56.2 cm³/mol. The van der Waals surface area contributed by atoms with Crippen molar-refractivity contribution in [2.45, 2.75) is 0 Å². The van der Waals surface area contributed by atoms with Gasteiger partial charge >= 0.3 is 0 Å². The summed E-state index contributed by atoms with van der Waals surface area (Å²) in [5.74, 6) is -1.38. The van der Waals surface area contributed by atoms with Crippen molar-refractivity contribution >= 4 is 15.9 Å². The Morgan fingerprint density at radius 2 is 2.06 bits per heavy atom. The molecule has 0 aliphatic carbocycles. The van der Waals surface area contributed by atoms with Crippen LogP contribution in [0.15, 0.2) is 35.2 Å². The molecule has 2 rings (SSSR count). The Bertz CT molecular complexity index is 522. The van der Waals surface area contributed by atoms with Gasteiger partial charge in [-0.15, -0.1) is 0 Å². The number of benzene rings is 1. The van der Waals surface area contributed by atoms with E-state index in [9.17, 15) is 8.78 Å². The second-order valence-electron chi connectivity index (χ2n) is 2.85. The summed E-state index contributed by atoms with van der Waals surface area (Å²) in [5, 5.41) is 0. The standard InChI is InChI=1S/C10H5BrF2N2O/c11-7-4-14-5-15-10(7)16-9-2-1-6(12)3-8(9)13/h1-5H. The fourth-order valence-electron chi connectivity index (χ4n) is 1.04. The van der Waals surface area contributed by atoms with E-state index in [0.717, 1.165) is 12.1 Å². The van der Waals surface area contributed by atoms with Gasteiger partial charge in [-0.3, -0.25) is 0 Å². The number of nitrogens with zero attached hydrogens (tertiary/aromatic N) is 2. The molecule has 2 aromatic rings. The van der Waals surface area contributed by atoms with Crippen LogP contribution in [0.3, 0.4) is 0 Å². The van der Waals surface area contributed by atoms with E-state index in [-0.39, 0.29) is 11.6 Å². The van der Waals surface area contributed by atoms with Gasteiger partial charge in [-0.2, -0.15) is 0 Å². The first kappa shape index (κ1) is 10.9. The summed E-state index contributed by atoms with van der Waals surface area (Å²) in [6.07, 6.45) is 2.73. The molecule has 0 spiro atoms. The maximum atomic E-state index is 13.2. The molecule has 0 atom stereocenters. The molecule has 1 aromatic heterocycles. The smallest absolute Gasteiger partial charge is 0.236 e. The largest absolute Gasteiger partial charge is 0.435 e. The predicted octanol–water partition coefficient (Wildman–Crippen LogP) is 3.31. The van der Waals surface area contributed by atoms with Crippen molar-refractivity contribution in [2.24, 2.45) is 0 Å². The van der Waals surface area contributed by atoms with Crippen molar-refractivity contribution in [3.05, 3.63) is 46.8 Å². The van der Waals surface area contributed by atoms with Crippen molar-refractivity contribution < 1.29 is 13.5 Å². The molecule has 0 aliphatic heterocycles. The van der Waals surface area contributed by atoms with Crippen molar-refractivity contribution in [1.82, 2.24) is 9.97 Å². The van der Waals surface area contributed by atoms with E-state index in [0.29, 0.717) is 4.47 Å². The first-order chi connectivity index (χ1) is 7.66. The molecule has 0 aliphatic rings. The highest BCUT2D eigenvalue weighted by Crippen LogP contribution is 2.28. The third kappa shape index (κ3) is 2.33. The number of aromatic nitrogens is 2. The minimum atomic E-state index is -0.787. The fraction of sp³-hybridized carbons (Fsp3) is 0. The lowest BCUT2D eigenvalue weighted by atomic mass is 10.3. The lowest BCUT2D eigenvalue weighted by Gasteiger charge is -2.06. The van der Waals surface area contributed by atoms with Gasteiger partial charge in [0.2, 0.25) is 5.88 Å². The molecule has 0 N–H and O–H groups in total. The van der Waals surface area contributed by atoms with Crippen molar-refractivity contribution in [1.29, 1.82) is 0 Å². The van der Waals surface area contributed by atoms with E-state index in [2.05, 4.69) is 25.9 Å². The number of hydrogen-bond donors (Lipinski definition) is 0. The van der Waals surface area contributed by atoms with E-state index < -0.39 is 11.6 Å². The molecule has 0 unspecified atom stereocenters. The molecule has 0 saturated carbocycles. The minimum absolute atomic E-state index is 0.0965. The minimum Gasteiger partial charge on any atom is -0.435 e. The maximum absolute atomic E-state index is 13.2. The molecule has 16 heavy (non-hydrogen) atoms. The lowest BCUT2D eigenvalue weighted by molar-refractivity contribution is 0.420. The molecule has 0 fully saturated rings. The Balaban J connectivity index is 2.31. The first-order valence-corrected chi connectivity index (χ1v) is 5.04. The number of rotatable bonds is 2. The van der Waals surface area contributed by atoms with Gasteiger partial charge in [-0.1, -0.05) is 0 Å². The Morgan fingerprint density at radius 3 is 2.75 bits per heavy atom. The van der Waals surface area contributed by atoms with E-state index in [1.807, 2.05) is 0 Å². The van der Waals surface area contributed by atoms with E-state index >= 15 is 0 Å². The zero-order chi connectivity index (χ0) is 11.5. The highest BCUT2D eigenvalue weighted by Gasteiger charge is 2.09. The highest BCUT2D eigenvalue weighted by atomic mass is 79.9. The van der Waals surface area contributed by atoms with Crippen molar-refractivity contribution in [3.8, 4) is 11.6 Å². The van der Waals surface area contributed by atoms with E-state index in [4.69, 9.17) is 4.74 Å². The molecule has 0 radical (unpaired) electrons. The van der Waals surface area contributed by atoms with Crippen LogP contribution in [0.5, 0.6) is 11.6 Å². The number of hydrogen-bond acceptors (Lipinski definition) is 3. The maximum Gasteiger partial charge on any atom is 0.236 e. The monoisotopic (exact) mass is 286 g/mol. The average Bonchev–Trinajstić information content (AvgIpc) is 2.25. The van der Waals surface area contributed by atoms with Crippen LogP contribution >= 0.6 is 15.9 Å². The quantitative estimate of drug-likeness (QED) is 0.850. The Labute approximate surface area is 98.2 Å². The van der Waals surface area contributed by atoms with Crippen LogP contribution in [0.25, 0.3) is 0 Å². The van der Waals surface area contributed by atoms with Gasteiger partial charge in [0.15, 0.2) is 11.6 Å². The number of ether oxygens (including phenoxy) is 1. The summed E-state index contributed by atoms with van der Waals surface area (Å²) in [4.78, 5) is 7.53. The van der Waals surface area contributed by atoms with Gasteiger partial charge in [-0.05, 0) is 28.1 Å². The van der Waals surface area contributed by atoms with Gasteiger partial charge in [-0.25, -0.2) is 18.7 Å². The van der Waals surface area contributed by atoms with Gasteiger partial charge < -0.3 is 4.74 Å². The summed E-state index contributed by atoms with van der Waals surface area (Å²) in [7, 11) is 0. The molecule has 82 valence electrons. The van der Waals surface area contributed by atoms with Crippen LogP contribution in [-0.2, 0) is 0 Å². The van der Waals surface area contributed by atoms with Gasteiger partial charge in [0.05, 0.1) is 4.47 Å². The van der Waals surface area contributed by atoms with Crippen molar-refractivity contribution in [2.75, 3.05) is 0 Å². The van der Waals surface area contributed by atoms with Crippen LogP contribution in [0.2, 0.25) is 0 Å². The molecule has 3 nitrogen and oxygen atoms in total. The fourth-order valence-corrected chi connectivity index (χ4v) is 1.34. The molecule has 0 bridgehead atoms. The second kappa shape index (κ2) is 4.52. The molecule has 6 heteroatoms. The summed E-state index contributed by atoms with van der Waals surface area (Å²) in [5.41, 5.74) is 0. The summed E-state index contributed by atoms with van der Waals surface area (Å²) < 4.78 is 31.5. The third-order valence-electron chi connectivity index (χ3n) is 1.73. The molecule has 1 heterocycles. The summed E-state index contributed by atoms with van der Waals surface area (Å²) in [6, 6.07) is 3.04. The zero-order valence-corrected chi connectivity index (χ0v) is 9.41. The number of halogens is 3. The summed E-state index contributed by atoms with van der Waals surface area (Å²) >= 11 is 3.15. The van der Waals surface area contributed by atoms with Crippen LogP contribution < -0.4 is 4.74 Å². The molecule has 1 aromatic carbocycles. The zero-order valence-electron chi connectivity index (χ0n) is 7.82. The van der Waals surface area contributed by atoms with Crippen LogP contribution in [0, 0.1) is 11.6 Å². The van der Waals surface area contributed by atoms with Gasteiger partial charge in [0, 0.05) is 12.3 Å². The molecule has 0 amide bonds. The Morgan fingerprint density at radius 1 is 1.25 bits per heavy atom. The summed E-state index contributed by atoms with van der Waals surface area (Å²) in [6.45, 7) is 0. The first-order valence-electron chi connectivity index (χ1n) is 4.25. The molecule has 0 saturated heterocycles. The molecular formula is C10H5BrF2N2O. The van der Waals surface area contributed by atoms with Gasteiger partial charge in [0.1, 0.15) is 12.1 Å². The SMILES string of the molecule is Fc1ccc(Oc2ncncc2Br)c(F)c1. The Kier molecular flexibility index (Phi) is 3.09. The average molecular weight is 287 g/mol. The third-order valence-corrected chi connectivity index (χ3v) is 2.28. The van der Waals surface area contributed by atoms with Crippen LogP contribution in [-0.4, -0.2) is 9.97 Å². The molecular weight excluding hydrogens is 282 g/mol. The van der Waals surface area contributed by atoms with E-state index in [1.54, 1.807) is 0 Å². The van der Waals surface area contributed by atoms with Crippen molar-refractivity contribution in [3.63, 3.8) is 0 Å². The van der Waals surface area contributed by atoms with Gasteiger partial charge in [0.25, 0.3) is 0 Å². The highest BCUT2D eigenvalue weighted by molar-refractivity contribution is 9.10. The topological polar surface area (TPSA) is 35.0 Å².